The van der Waals surface area contributed by atoms with Crippen LogP contribution in [0.3, 0.4) is 0 Å². The Morgan fingerprint density at radius 1 is 1.27 bits per heavy atom. The first kappa shape index (κ1) is 11.6. The molecule has 2 heteroatoms. The molecular formula is C13H18N2. The maximum absolute atomic E-state index is 8.92. The van der Waals surface area contributed by atoms with Crippen LogP contribution in [0.2, 0.25) is 0 Å². The van der Waals surface area contributed by atoms with Crippen LogP contribution >= 0.6 is 0 Å². The largest absolute Gasteiger partial charge is 0.382 e. The molecule has 0 saturated heterocycles. The lowest BCUT2D eigenvalue weighted by molar-refractivity contribution is 0.540. The van der Waals surface area contributed by atoms with Gasteiger partial charge in [0.15, 0.2) is 0 Å². The molecule has 1 aromatic rings. The molecule has 0 amide bonds. The van der Waals surface area contributed by atoms with Crippen molar-refractivity contribution in [3.05, 3.63) is 29.8 Å². The molecule has 1 atom stereocenters. The molecule has 0 aliphatic heterocycles. The molecule has 0 fully saturated rings. The molecule has 80 valence electrons. The third kappa shape index (κ3) is 3.63. The van der Waals surface area contributed by atoms with Crippen LogP contribution in [0.4, 0.5) is 5.69 Å². The van der Waals surface area contributed by atoms with Crippen molar-refractivity contribution in [2.24, 2.45) is 5.92 Å². The summed E-state index contributed by atoms with van der Waals surface area (Å²) in [6.45, 7) is 6.55. The molecule has 0 bridgehead atoms. The Labute approximate surface area is 91.9 Å². The molecule has 15 heavy (non-hydrogen) atoms. The van der Waals surface area contributed by atoms with Crippen molar-refractivity contribution in [2.75, 3.05) is 5.32 Å². The van der Waals surface area contributed by atoms with E-state index >= 15 is 0 Å². The highest BCUT2D eigenvalue weighted by molar-refractivity contribution is 5.57. The number of hydrogen-bond donors (Lipinski definition) is 1. The summed E-state index contributed by atoms with van der Waals surface area (Å²) < 4.78 is 0. The Kier molecular flexibility index (Phi) is 4.17. The summed E-state index contributed by atoms with van der Waals surface area (Å²) in [5, 5.41) is 12.3. The van der Waals surface area contributed by atoms with Gasteiger partial charge in [-0.1, -0.05) is 26.0 Å². The maximum atomic E-state index is 8.92. The minimum atomic E-state index is 0.402. The Morgan fingerprint density at radius 3 is 2.53 bits per heavy atom. The Balaban J connectivity index is 2.68. The quantitative estimate of drug-likeness (QED) is 0.812. The van der Waals surface area contributed by atoms with Crippen LogP contribution in [0.25, 0.3) is 0 Å². The molecule has 1 rings (SSSR count). The predicted molar refractivity (Wildman–Crippen MR) is 63.7 cm³/mol. The highest BCUT2D eigenvalue weighted by Gasteiger charge is 2.07. The van der Waals surface area contributed by atoms with E-state index < -0.39 is 0 Å². The molecule has 0 saturated carbocycles. The molecule has 2 nitrogen and oxygen atoms in total. The average Bonchev–Trinajstić information content (AvgIpc) is 2.17. The normalized spacial score (nSPS) is 12.2. The molecule has 1 aromatic carbocycles. The van der Waals surface area contributed by atoms with Crippen molar-refractivity contribution in [3.63, 3.8) is 0 Å². The van der Waals surface area contributed by atoms with Crippen molar-refractivity contribution >= 4 is 5.69 Å². The number of nitrogens with zero attached hydrogens (tertiary/aromatic N) is 1. The van der Waals surface area contributed by atoms with Gasteiger partial charge in [0, 0.05) is 6.04 Å². The van der Waals surface area contributed by atoms with Crippen LogP contribution in [0.5, 0.6) is 0 Å². The Bertz CT molecular complexity index is 350. The van der Waals surface area contributed by atoms with Gasteiger partial charge in [0.1, 0.15) is 6.07 Å². The van der Waals surface area contributed by atoms with Crippen LogP contribution in [0.15, 0.2) is 24.3 Å². The second kappa shape index (κ2) is 5.41. The van der Waals surface area contributed by atoms with Gasteiger partial charge in [0.2, 0.25) is 0 Å². The van der Waals surface area contributed by atoms with E-state index in [9.17, 15) is 0 Å². The molecule has 0 spiro atoms. The van der Waals surface area contributed by atoms with Crippen molar-refractivity contribution in [1.29, 1.82) is 5.26 Å². The summed E-state index contributed by atoms with van der Waals surface area (Å²) in [6, 6.07) is 10.2. The van der Waals surface area contributed by atoms with Gasteiger partial charge >= 0.3 is 0 Å². The number of para-hydroxylation sites is 1. The minimum absolute atomic E-state index is 0.402. The van der Waals surface area contributed by atoms with Gasteiger partial charge in [-0.25, -0.2) is 0 Å². The van der Waals surface area contributed by atoms with Crippen LogP contribution in [0.1, 0.15) is 32.8 Å². The Morgan fingerprint density at radius 2 is 1.93 bits per heavy atom. The van der Waals surface area contributed by atoms with E-state index in [1.54, 1.807) is 0 Å². The maximum Gasteiger partial charge on any atom is 0.101 e. The zero-order valence-electron chi connectivity index (χ0n) is 9.62. The number of nitrogens with one attached hydrogen (secondary N) is 1. The smallest absolute Gasteiger partial charge is 0.101 e. The summed E-state index contributed by atoms with van der Waals surface area (Å²) in [6.07, 6.45) is 1.11. The SMILES string of the molecule is CC(C)CC(C)Nc1ccccc1C#N. The minimum Gasteiger partial charge on any atom is -0.382 e. The van der Waals surface area contributed by atoms with Crippen LogP contribution in [0, 0.1) is 17.2 Å². The molecule has 0 aliphatic carbocycles. The van der Waals surface area contributed by atoms with E-state index in [1.807, 2.05) is 24.3 Å². The van der Waals surface area contributed by atoms with E-state index in [0.29, 0.717) is 17.5 Å². The Hall–Kier alpha value is -1.49. The van der Waals surface area contributed by atoms with Crippen LogP contribution in [-0.2, 0) is 0 Å². The predicted octanol–water partition coefficient (Wildman–Crippen LogP) is 3.40. The number of rotatable bonds is 4. The standard InChI is InChI=1S/C13H18N2/c1-10(2)8-11(3)15-13-7-5-4-6-12(13)9-14/h4-7,10-11,15H,8H2,1-3H3. The summed E-state index contributed by atoms with van der Waals surface area (Å²) in [4.78, 5) is 0. The van der Waals surface area contributed by atoms with Gasteiger partial charge in [-0.2, -0.15) is 5.26 Å². The van der Waals surface area contributed by atoms with E-state index in [4.69, 9.17) is 5.26 Å². The second-order valence-corrected chi connectivity index (χ2v) is 4.33. The van der Waals surface area contributed by atoms with Gasteiger partial charge in [0.05, 0.1) is 11.3 Å². The van der Waals surface area contributed by atoms with Crippen LogP contribution in [-0.4, -0.2) is 6.04 Å². The average molecular weight is 202 g/mol. The van der Waals surface area contributed by atoms with Gasteiger partial charge in [-0.3, -0.25) is 0 Å². The zero-order valence-corrected chi connectivity index (χ0v) is 9.62. The van der Waals surface area contributed by atoms with Gasteiger partial charge < -0.3 is 5.32 Å². The first-order valence-electron chi connectivity index (χ1n) is 5.39. The lowest BCUT2D eigenvalue weighted by atomic mass is 10.0. The third-order valence-corrected chi connectivity index (χ3v) is 2.27. The van der Waals surface area contributed by atoms with Crippen molar-refractivity contribution in [3.8, 4) is 6.07 Å². The van der Waals surface area contributed by atoms with Gasteiger partial charge in [-0.05, 0) is 31.4 Å². The molecule has 0 aromatic heterocycles. The van der Waals surface area contributed by atoms with Crippen molar-refractivity contribution < 1.29 is 0 Å². The highest BCUT2D eigenvalue weighted by atomic mass is 14.9. The van der Waals surface area contributed by atoms with Gasteiger partial charge in [0.25, 0.3) is 0 Å². The fraction of sp³-hybridized carbons (Fsp3) is 0.462. The second-order valence-electron chi connectivity index (χ2n) is 4.33. The van der Waals surface area contributed by atoms with E-state index in [0.717, 1.165) is 12.1 Å². The zero-order chi connectivity index (χ0) is 11.3. The first-order chi connectivity index (χ1) is 7.13. The first-order valence-corrected chi connectivity index (χ1v) is 5.39. The van der Waals surface area contributed by atoms with Crippen molar-refractivity contribution in [1.82, 2.24) is 0 Å². The topological polar surface area (TPSA) is 35.8 Å². The molecular weight excluding hydrogens is 184 g/mol. The summed E-state index contributed by atoms with van der Waals surface area (Å²) in [7, 11) is 0. The summed E-state index contributed by atoms with van der Waals surface area (Å²) >= 11 is 0. The molecule has 0 radical (unpaired) electrons. The van der Waals surface area contributed by atoms with Gasteiger partial charge in [-0.15, -0.1) is 0 Å². The van der Waals surface area contributed by atoms with E-state index in [2.05, 4.69) is 32.2 Å². The number of nitriles is 1. The number of benzene rings is 1. The van der Waals surface area contributed by atoms with Crippen LogP contribution < -0.4 is 5.32 Å². The van der Waals surface area contributed by atoms with E-state index in [-0.39, 0.29) is 0 Å². The van der Waals surface area contributed by atoms with Crippen molar-refractivity contribution in [2.45, 2.75) is 33.2 Å². The molecule has 0 heterocycles. The molecule has 0 aliphatic rings. The number of hydrogen-bond acceptors (Lipinski definition) is 2. The lowest BCUT2D eigenvalue weighted by Crippen LogP contribution is -2.17. The summed E-state index contributed by atoms with van der Waals surface area (Å²) in [5.41, 5.74) is 1.65. The highest BCUT2D eigenvalue weighted by Crippen LogP contribution is 2.16. The third-order valence-electron chi connectivity index (χ3n) is 2.27. The fourth-order valence-electron chi connectivity index (χ4n) is 1.74. The number of anilines is 1. The lowest BCUT2D eigenvalue weighted by Gasteiger charge is -2.17. The van der Waals surface area contributed by atoms with E-state index in [1.165, 1.54) is 0 Å². The molecule has 1 N–H and O–H groups in total. The summed E-state index contributed by atoms with van der Waals surface area (Å²) in [5.74, 6) is 0.668. The fourth-order valence-corrected chi connectivity index (χ4v) is 1.74. The monoisotopic (exact) mass is 202 g/mol. The molecule has 1 unspecified atom stereocenters.